The maximum atomic E-state index is 13.1. The van der Waals surface area contributed by atoms with Crippen LogP contribution in [-0.2, 0) is 28.7 Å². The number of hydrogen-bond donors (Lipinski definition) is 5. The average molecular weight is 737 g/mol. The van der Waals surface area contributed by atoms with Gasteiger partial charge in [-0.3, -0.25) is 24.0 Å². The molecule has 0 saturated carbocycles. The summed E-state index contributed by atoms with van der Waals surface area (Å²) in [5.74, 6) is -0.534. The van der Waals surface area contributed by atoms with Gasteiger partial charge in [0.2, 0.25) is 11.8 Å². The summed E-state index contributed by atoms with van der Waals surface area (Å²) in [4.78, 5) is 65.5. The zero-order chi connectivity index (χ0) is 37.6. The molecule has 4 N–H and O–H groups in total. The summed E-state index contributed by atoms with van der Waals surface area (Å²) in [5.41, 5.74) is -1.19. The SMILES string of the molecule is CC.CCSCC(=O)NCCCC(=NC(=O)CSC(C)C)C(=O)NC(C)CCOC(C)(C)CCNC(=O)C(C)(C)CC(C)(S)CC(=O)O. The van der Waals surface area contributed by atoms with E-state index < -0.39 is 27.6 Å². The van der Waals surface area contributed by atoms with Crippen molar-refractivity contribution in [3.63, 3.8) is 0 Å². The van der Waals surface area contributed by atoms with Gasteiger partial charge in [0.05, 0.1) is 23.5 Å². The molecule has 280 valence electrons. The Labute approximate surface area is 303 Å². The Hall–Kier alpha value is -1.77. The lowest BCUT2D eigenvalue weighted by atomic mass is 9.80. The number of carbonyl (C=O) groups is 5. The van der Waals surface area contributed by atoms with E-state index in [0.29, 0.717) is 51.1 Å². The van der Waals surface area contributed by atoms with E-state index in [1.165, 1.54) is 23.5 Å². The highest BCUT2D eigenvalue weighted by molar-refractivity contribution is 8.00. The van der Waals surface area contributed by atoms with Crippen LogP contribution < -0.4 is 16.0 Å². The summed E-state index contributed by atoms with van der Waals surface area (Å²) in [6.45, 7) is 22.1. The quantitative estimate of drug-likeness (QED) is 0.0486. The molecule has 11 nitrogen and oxygen atoms in total. The van der Waals surface area contributed by atoms with Gasteiger partial charge in [0.25, 0.3) is 11.8 Å². The Morgan fingerprint density at radius 2 is 1.58 bits per heavy atom. The van der Waals surface area contributed by atoms with E-state index in [9.17, 15) is 24.0 Å². The van der Waals surface area contributed by atoms with Crippen molar-refractivity contribution in [1.29, 1.82) is 0 Å². The van der Waals surface area contributed by atoms with Gasteiger partial charge in [-0.1, -0.05) is 55.4 Å². The van der Waals surface area contributed by atoms with Crippen molar-refractivity contribution in [3.8, 4) is 0 Å². The van der Waals surface area contributed by atoms with Crippen LogP contribution in [0.3, 0.4) is 0 Å². The maximum Gasteiger partial charge on any atom is 0.304 e. The summed E-state index contributed by atoms with van der Waals surface area (Å²) in [6, 6.07) is -0.249. The first-order chi connectivity index (χ1) is 22.2. The largest absolute Gasteiger partial charge is 0.481 e. The molecular formula is C34H64N4O7S3. The number of aliphatic carboxylic acids is 1. The van der Waals surface area contributed by atoms with Crippen LogP contribution in [0, 0.1) is 5.41 Å². The molecule has 0 aromatic rings. The number of thiol groups is 1. The highest BCUT2D eigenvalue weighted by Gasteiger charge is 2.36. The molecule has 0 aliphatic heterocycles. The van der Waals surface area contributed by atoms with E-state index in [2.05, 4.69) is 33.6 Å². The normalized spacial score (nSPS) is 13.9. The lowest BCUT2D eigenvalue weighted by molar-refractivity contribution is -0.138. The molecule has 0 saturated heterocycles. The molecule has 0 radical (unpaired) electrons. The first kappa shape index (κ1) is 48.3. The number of ether oxygens (including phenoxy) is 1. The van der Waals surface area contributed by atoms with Crippen molar-refractivity contribution < 1.29 is 33.8 Å². The average Bonchev–Trinajstić information content (AvgIpc) is 2.95. The van der Waals surface area contributed by atoms with Crippen LogP contribution in [0.2, 0.25) is 0 Å². The number of carbonyl (C=O) groups excluding carboxylic acids is 4. The Kier molecular flexibility index (Phi) is 25.4. The van der Waals surface area contributed by atoms with Gasteiger partial charge in [0.1, 0.15) is 5.71 Å². The van der Waals surface area contributed by atoms with Gasteiger partial charge in [-0.2, -0.15) is 24.4 Å². The van der Waals surface area contributed by atoms with Gasteiger partial charge in [-0.15, -0.1) is 11.8 Å². The predicted octanol–water partition coefficient (Wildman–Crippen LogP) is 5.55. The number of thioether (sulfide) groups is 2. The summed E-state index contributed by atoms with van der Waals surface area (Å²) in [6.07, 6.45) is 1.97. The molecule has 4 amide bonds. The van der Waals surface area contributed by atoms with E-state index >= 15 is 0 Å². The number of carboxylic acids is 1. The minimum absolute atomic E-state index is 0.0593. The second kappa shape index (κ2) is 25.2. The fourth-order valence-corrected chi connectivity index (χ4v) is 6.03. The zero-order valence-corrected chi connectivity index (χ0v) is 33.8. The van der Waals surface area contributed by atoms with Crippen LogP contribution in [0.4, 0.5) is 0 Å². The molecule has 0 aliphatic carbocycles. The highest BCUT2D eigenvalue weighted by Crippen LogP contribution is 2.34. The standard InChI is InChI=1S/C32H58N4O7S3.C2H6/c1-10-45-19-25(37)33-15-11-12-24(36-26(38)20-46-22(2)3)28(41)35-23(4)13-17-43-31(7,8)14-16-34-29(42)30(5,6)21-32(9,44)18-27(39)40;1-2/h22-23,44H,10-21H2,1-9H3,(H,33,37)(H,34,42)(H,35,41)(H,39,40);1-2H3. The van der Waals surface area contributed by atoms with Crippen LogP contribution in [0.15, 0.2) is 4.99 Å². The van der Waals surface area contributed by atoms with Gasteiger partial charge in [-0.05, 0) is 63.9 Å². The number of rotatable bonds is 24. The van der Waals surface area contributed by atoms with E-state index in [4.69, 9.17) is 9.84 Å². The molecule has 0 aromatic heterocycles. The fourth-order valence-electron chi connectivity index (χ4n) is 4.47. The van der Waals surface area contributed by atoms with E-state index in [1.54, 1.807) is 20.8 Å². The molecule has 48 heavy (non-hydrogen) atoms. The molecule has 2 atom stereocenters. The molecule has 0 bridgehead atoms. The van der Waals surface area contributed by atoms with Crippen molar-refractivity contribution in [2.24, 2.45) is 10.4 Å². The second-order valence-electron chi connectivity index (χ2n) is 13.3. The smallest absolute Gasteiger partial charge is 0.304 e. The van der Waals surface area contributed by atoms with Crippen LogP contribution in [0.25, 0.3) is 0 Å². The van der Waals surface area contributed by atoms with Crippen LogP contribution in [-0.4, -0.2) is 99.0 Å². The molecule has 0 aliphatic rings. The Morgan fingerprint density at radius 3 is 2.15 bits per heavy atom. The number of hydrogen-bond acceptors (Lipinski definition) is 9. The number of aliphatic imine (C=N–C) groups is 1. The first-order valence-electron chi connectivity index (χ1n) is 16.9. The molecule has 0 rings (SSSR count). The number of nitrogens with one attached hydrogen (secondary N) is 3. The third kappa shape index (κ3) is 25.2. The van der Waals surface area contributed by atoms with Crippen molar-refractivity contribution in [2.75, 3.05) is 37.0 Å². The topological polar surface area (TPSA) is 163 Å². The van der Waals surface area contributed by atoms with E-state index in [1.807, 2.05) is 55.4 Å². The van der Waals surface area contributed by atoms with Crippen molar-refractivity contribution in [2.45, 2.75) is 136 Å². The lowest BCUT2D eigenvalue weighted by Gasteiger charge is -2.33. The van der Waals surface area contributed by atoms with Crippen molar-refractivity contribution >= 4 is 71.5 Å². The Bertz CT molecular complexity index is 1030. The van der Waals surface area contributed by atoms with Gasteiger partial charge in [0.15, 0.2) is 0 Å². The van der Waals surface area contributed by atoms with E-state index in [-0.39, 0.29) is 53.3 Å². The molecule has 0 fully saturated rings. The molecular weight excluding hydrogens is 673 g/mol. The van der Waals surface area contributed by atoms with Crippen LogP contribution >= 0.6 is 36.2 Å². The van der Waals surface area contributed by atoms with Gasteiger partial charge in [-0.25, -0.2) is 4.99 Å². The number of amides is 4. The minimum Gasteiger partial charge on any atom is -0.481 e. The van der Waals surface area contributed by atoms with Crippen molar-refractivity contribution in [1.82, 2.24) is 16.0 Å². The molecule has 0 aromatic carbocycles. The fraction of sp³-hybridized carbons (Fsp3) is 0.824. The second-order valence-corrected chi connectivity index (χ2v) is 17.2. The number of carboxylic acid groups (broad SMARTS) is 1. The molecule has 2 unspecified atom stereocenters. The van der Waals surface area contributed by atoms with Crippen LogP contribution in [0.1, 0.15) is 115 Å². The maximum absolute atomic E-state index is 13.1. The molecule has 0 heterocycles. The third-order valence-electron chi connectivity index (χ3n) is 6.82. The summed E-state index contributed by atoms with van der Waals surface area (Å²) < 4.78 is 5.26. The zero-order valence-electron chi connectivity index (χ0n) is 31.2. The van der Waals surface area contributed by atoms with Crippen LogP contribution in [0.5, 0.6) is 0 Å². The summed E-state index contributed by atoms with van der Waals surface area (Å²) >= 11 is 7.45. The summed E-state index contributed by atoms with van der Waals surface area (Å²) in [7, 11) is 0. The van der Waals surface area contributed by atoms with Gasteiger partial charge < -0.3 is 25.8 Å². The molecule has 14 heteroatoms. The number of nitrogens with zero attached hydrogens (tertiary/aromatic N) is 1. The Morgan fingerprint density at radius 1 is 0.958 bits per heavy atom. The first-order valence-corrected chi connectivity index (χ1v) is 19.6. The predicted molar refractivity (Wildman–Crippen MR) is 205 cm³/mol. The highest BCUT2D eigenvalue weighted by atomic mass is 32.2. The molecule has 0 spiro atoms. The van der Waals surface area contributed by atoms with Gasteiger partial charge in [0, 0.05) is 35.9 Å². The van der Waals surface area contributed by atoms with E-state index in [0.717, 1.165) is 5.75 Å². The van der Waals surface area contributed by atoms with Crippen molar-refractivity contribution in [3.05, 3.63) is 0 Å². The minimum atomic E-state index is -0.958. The third-order valence-corrected chi connectivity index (χ3v) is 9.09. The monoisotopic (exact) mass is 736 g/mol. The van der Waals surface area contributed by atoms with Gasteiger partial charge >= 0.3 is 5.97 Å². The lowest BCUT2D eigenvalue weighted by Crippen LogP contribution is -2.43. The summed E-state index contributed by atoms with van der Waals surface area (Å²) in [5, 5.41) is 18.1. The Balaban J connectivity index is 0.